The average Bonchev–Trinajstić information content (AvgIpc) is 3.07. The van der Waals surface area contributed by atoms with E-state index in [1.54, 1.807) is 0 Å². The number of hydrogen-bond donors (Lipinski definition) is 2. The molecule has 1 unspecified atom stereocenters. The summed E-state index contributed by atoms with van der Waals surface area (Å²) < 4.78 is 0. The number of allylic oxidation sites excluding steroid dienone is 2. The van der Waals surface area contributed by atoms with Crippen LogP contribution in [0.15, 0.2) is 66.7 Å². The molecule has 0 fully saturated rings. The van der Waals surface area contributed by atoms with Crippen molar-refractivity contribution in [1.29, 1.82) is 0 Å². The van der Waals surface area contributed by atoms with Gasteiger partial charge in [0.15, 0.2) is 0 Å². The Hall–Kier alpha value is -2.39. The third kappa shape index (κ3) is 4.29. The monoisotopic (exact) mass is 281 g/mol. The van der Waals surface area contributed by atoms with Gasteiger partial charge in [-0.3, -0.25) is 10.0 Å². The van der Waals surface area contributed by atoms with Crippen molar-refractivity contribution in [3.05, 3.63) is 77.9 Å². The summed E-state index contributed by atoms with van der Waals surface area (Å²) in [7, 11) is 0. The number of amides is 1. The Morgan fingerprint density at radius 3 is 2.14 bits per heavy atom. The molecule has 3 heteroatoms. The topological polar surface area (TPSA) is 49.3 Å². The molecule has 0 bridgehead atoms. The maximum atomic E-state index is 8.81. The zero-order valence-corrected chi connectivity index (χ0v) is 11.8. The summed E-state index contributed by atoms with van der Waals surface area (Å²) in [6, 6.07) is 21.5. The lowest BCUT2D eigenvalue weighted by molar-refractivity contribution is -0.116. The minimum absolute atomic E-state index is 0.181. The van der Waals surface area contributed by atoms with Crippen molar-refractivity contribution in [2.45, 2.75) is 18.8 Å². The maximum absolute atomic E-state index is 8.81. The predicted octanol–water partition coefficient (Wildman–Crippen LogP) is 3.77. The molecule has 1 aliphatic rings. The van der Waals surface area contributed by atoms with Crippen molar-refractivity contribution in [2.75, 3.05) is 0 Å². The molecule has 2 aromatic carbocycles. The first-order valence-electron chi connectivity index (χ1n) is 6.99. The number of carbonyl (C=O) groups is 1. The van der Waals surface area contributed by atoms with Gasteiger partial charge >= 0.3 is 0 Å². The van der Waals surface area contributed by atoms with Gasteiger partial charge in [-0.2, -0.15) is 0 Å². The smallest absolute Gasteiger partial charge is 0.230 e. The Morgan fingerprint density at radius 1 is 1.00 bits per heavy atom. The molecule has 1 aliphatic carbocycles. The highest BCUT2D eigenvalue weighted by Gasteiger charge is 2.17. The van der Waals surface area contributed by atoms with Crippen LogP contribution in [-0.2, 0) is 4.79 Å². The number of nitrogens with one attached hydrogen (secondary N) is 1. The quantitative estimate of drug-likeness (QED) is 0.511. The second-order valence-electron chi connectivity index (χ2n) is 4.86. The molecule has 0 heterocycles. The van der Waals surface area contributed by atoms with E-state index in [1.807, 2.05) is 0 Å². The molecule has 21 heavy (non-hydrogen) atoms. The molecule has 2 N–H and O–H groups in total. The van der Waals surface area contributed by atoms with Crippen LogP contribution < -0.4 is 5.48 Å². The fourth-order valence-corrected chi connectivity index (χ4v) is 2.58. The summed E-state index contributed by atoms with van der Waals surface area (Å²) in [6.45, 7) is 0. The van der Waals surface area contributed by atoms with E-state index in [1.165, 1.54) is 35.0 Å². The van der Waals surface area contributed by atoms with E-state index in [4.69, 9.17) is 10.0 Å². The Morgan fingerprint density at radius 2 is 1.57 bits per heavy atom. The first-order valence-corrected chi connectivity index (χ1v) is 6.99. The standard InChI is InChI=1S/C17H16.CH3NO2/c1-3-7-14(8-4-1)16-11-12-17(13-16)15-9-5-2-6-10-15;3-1-2-4/h1-10,13,16H,11-12H2;1,4H,(H,2,3). The molecule has 0 spiro atoms. The summed E-state index contributed by atoms with van der Waals surface area (Å²) in [4.78, 5) is 8.81. The van der Waals surface area contributed by atoms with Crippen molar-refractivity contribution in [3.63, 3.8) is 0 Å². The third-order valence-electron chi connectivity index (χ3n) is 3.55. The molecular weight excluding hydrogens is 262 g/mol. The van der Waals surface area contributed by atoms with Crippen molar-refractivity contribution in [1.82, 2.24) is 5.48 Å². The van der Waals surface area contributed by atoms with Crippen LogP contribution in [0.4, 0.5) is 0 Å². The van der Waals surface area contributed by atoms with E-state index in [0.717, 1.165) is 0 Å². The highest BCUT2D eigenvalue weighted by Crippen LogP contribution is 2.37. The molecule has 108 valence electrons. The van der Waals surface area contributed by atoms with Crippen LogP contribution in [-0.4, -0.2) is 11.6 Å². The number of hydroxylamine groups is 1. The molecule has 0 aromatic heterocycles. The fourth-order valence-electron chi connectivity index (χ4n) is 2.58. The number of carbonyl (C=O) groups excluding carboxylic acids is 1. The summed E-state index contributed by atoms with van der Waals surface area (Å²) >= 11 is 0. The van der Waals surface area contributed by atoms with Gasteiger partial charge < -0.3 is 0 Å². The van der Waals surface area contributed by atoms with Gasteiger partial charge in [0.05, 0.1) is 0 Å². The largest absolute Gasteiger partial charge is 0.289 e. The Kier molecular flexibility index (Phi) is 5.73. The van der Waals surface area contributed by atoms with Crippen molar-refractivity contribution < 1.29 is 10.0 Å². The predicted molar refractivity (Wildman–Crippen MR) is 83.8 cm³/mol. The van der Waals surface area contributed by atoms with Crippen LogP contribution in [0, 0.1) is 0 Å². The number of benzene rings is 2. The second kappa shape index (κ2) is 8.02. The van der Waals surface area contributed by atoms with Crippen LogP contribution in [0.5, 0.6) is 0 Å². The summed E-state index contributed by atoms with van der Waals surface area (Å²) in [6.07, 6.45) is 5.06. The van der Waals surface area contributed by atoms with Gasteiger partial charge in [-0.05, 0) is 29.5 Å². The maximum Gasteiger partial charge on any atom is 0.230 e. The lowest BCUT2D eigenvalue weighted by Crippen LogP contribution is -1.99. The summed E-state index contributed by atoms with van der Waals surface area (Å²) in [5, 5.41) is 7.26. The van der Waals surface area contributed by atoms with E-state index in [0.29, 0.717) is 5.92 Å². The fraction of sp³-hybridized carbons (Fsp3) is 0.167. The minimum atomic E-state index is 0.181. The van der Waals surface area contributed by atoms with E-state index in [-0.39, 0.29) is 6.41 Å². The number of rotatable bonds is 3. The van der Waals surface area contributed by atoms with E-state index in [2.05, 4.69) is 66.7 Å². The zero-order chi connectivity index (χ0) is 14.9. The molecule has 3 nitrogen and oxygen atoms in total. The molecule has 0 aliphatic heterocycles. The average molecular weight is 281 g/mol. The molecule has 1 atom stereocenters. The van der Waals surface area contributed by atoms with Crippen molar-refractivity contribution >= 4 is 12.0 Å². The van der Waals surface area contributed by atoms with Crippen LogP contribution in [0.3, 0.4) is 0 Å². The molecule has 0 saturated carbocycles. The molecule has 3 rings (SSSR count). The van der Waals surface area contributed by atoms with Crippen LogP contribution in [0.25, 0.3) is 5.57 Å². The molecule has 2 aromatic rings. The highest BCUT2D eigenvalue weighted by molar-refractivity contribution is 5.68. The normalized spacial score (nSPS) is 16.4. The lowest BCUT2D eigenvalue weighted by Gasteiger charge is -2.05. The highest BCUT2D eigenvalue weighted by atomic mass is 16.5. The molecular formula is C18H19NO2. The van der Waals surface area contributed by atoms with Crippen LogP contribution >= 0.6 is 0 Å². The van der Waals surface area contributed by atoms with E-state index >= 15 is 0 Å². The minimum Gasteiger partial charge on any atom is -0.289 e. The van der Waals surface area contributed by atoms with Gasteiger partial charge in [0.2, 0.25) is 6.41 Å². The SMILES string of the molecule is C1=C(c2ccccc2)CCC1c1ccccc1.O=CNO. The summed E-state index contributed by atoms with van der Waals surface area (Å²) in [5.41, 5.74) is 5.57. The van der Waals surface area contributed by atoms with Gasteiger partial charge in [0.25, 0.3) is 0 Å². The Bertz CT molecular complexity index is 579. The lowest BCUT2D eigenvalue weighted by atomic mass is 9.99. The van der Waals surface area contributed by atoms with Gasteiger partial charge in [0, 0.05) is 5.92 Å². The number of hydrogen-bond acceptors (Lipinski definition) is 2. The molecule has 1 amide bonds. The summed E-state index contributed by atoms with van der Waals surface area (Å²) in [5.74, 6) is 0.603. The van der Waals surface area contributed by atoms with Crippen LogP contribution in [0.2, 0.25) is 0 Å². The second-order valence-corrected chi connectivity index (χ2v) is 4.86. The Balaban J connectivity index is 0.000000361. The van der Waals surface area contributed by atoms with E-state index < -0.39 is 0 Å². The molecule has 0 radical (unpaired) electrons. The first-order chi connectivity index (χ1) is 10.3. The van der Waals surface area contributed by atoms with Gasteiger partial charge in [-0.1, -0.05) is 66.7 Å². The van der Waals surface area contributed by atoms with Gasteiger partial charge in [-0.15, -0.1) is 0 Å². The van der Waals surface area contributed by atoms with Gasteiger partial charge in [-0.25, -0.2) is 5.48 Å². The van der Waals surface area contributed by atoms with Gasteiger partial charge in [0.1, 0.15) is 0 Å². The third-order valence-corrected chi connectivity index (χ3v) is 3.55. The Labute approximate surface area is 124 Å². The van der Waals surface area contributed by atoms with Crippen molar-refractivity contribution in [3.8, 4) is 0 Å². The van der Waals surface area contributed by atoms with Crippen LogP contribution in [0.1, 0.15) is 29.9 Å². The zero-order valence-electron chi connectivity index (χ0n) is 11.8. The molecule has 0 saturated heterocycles. The van der Waals surface area contributed by atoms with Crippen molar-refractivity contribution in [2.24, 2.45) is 0 Å². The first kappa shape index (κ1) is 15.0. The van der Waals surface area contributed by atoms with E-state index in [9.17, 15) is 0 Å².